The van der Waals surface area contributed by atoms with Crippen LogP contribution in [0.5, 0.6) is 0 Å². The van der Waals surface area contributed by atoms with Crippen LogP contribution in [0.1, 0.15) is 10.4 Å². The van der Waals surface area contributed by atoms with E-state index in [1.54, 1.807) is 18.2 Å². The Morgan fingerprint density at radius 1 is 1.17 bits per heavy atom. The van der Waals surface area contributed by atoms with Crippen molar-refractivity contribution in [1.29, 1.82) is 0 Å². The molecule has 0 fully saturated rings. The van der Waals surface area contributed by atoms with Crippen LogP contribution in [-0.4, -0.2) is 21.0 Å². The van der Waals surface area contributed by atoms with Crippen LogP contribution < -0.4 is 5.32 Å². The number of nitrogens with zero attached hydrogens (tertiary/aromatic N) is 3. The van der Waals surface area contributed by atoms with Gasteiger partial charge >= 0.3 is 0 Å². The standard InChI is InChI=1S/C15H9ClN4O3S/c16-12-7-2-1-6-11(12)14-18-19-15(24-14)17-13(21)9-4-3-5-10(8-9)20(22)23/h1-8H,(H,17,19,21). The molecule has 0 atom stereocenters. The quantitative estimate of drug-likeness (QED) is 0.559. The number of hydrogen-bond acceptors (Lipinski definition) is 6. The molecule has 0 aliphatic carbocycles. The van der Waals surface area contributed by atoms with Gasteiger partial charge in [0.25, 0.3) is 11.6 Å². The number of halogens is 1. The van der Waals surface area contributed by atoms with Gasteiger partial charge < -0.3 is 0 Å². The van der Waals surface area contributed by atoms with E-state index in [1.165, 1.54) is 24.3 Å². The molecule has 0 spiro atoms. The second kappa shape index (κ2) is 6.73. The van der Waals surface area contributed by atoms with Crippen molar-refractivity contribution in [3.8, 4) is 10.6 Å². The first-order valence-corrected chi connectivity index (χ1v) is 7.88. The molecule has 0 radical (unpaired) electrons. The van der Waals surface area contributed by atoms with Crippen molar-refractivity contribution in [2.75, 3.05) is 5.32 Å². The van der Waals surface area contributed by atoms with E-state index in [0.717, 1.165) is 11.3 Å². The van der Waals surface area contributed by atoms with Gasteiger partial charge in [-0.1, -0.05) is 47.2 Å². The topological polar surface area (TPSA) is 98.0 Å². The van der Waals surface area contributed by atoms with Gasteiger partial charge in [0.15, 0.2) is 5.01 Å². The lowest BCUT2D eigenvalue weighted by atomic mass is 10.2. The summed E-state index contributed by atoms with van der Waals surface area (Å²) in [6.45, 7) is 0. The number of aromatic nitrogens is 2. The summed E-state index contributed by atoms with van der Waals surface area (Å²) in [6, 6.07) is 12.6. The van der Waals surface area contributed by atoms with E-state index in [-0.39, 0.29) is 16.4 Å². The third-order valence-corrected chi connectivity index (χ3v) is 4.27. The fraction of sp³-hybridized carbons (Fsp3) is 0. The molecular formula is C15H9ClN4O3S. The highest BCUT2D eigenvalue weighted by atomic mass is 35.5. The first-order valence-electron chi connectivity index (χ1n) is 6.69. The van der Waals surface area contributed by atoms with Crippen molar-refractivity contribution < 1.29 is 9.72 Å². The van der Waals surface area contributed by atoms with E-state index >= 15 is 0 Å². The molecule has 0 saturated carbocycles. The number of nitro groups is 1. The highest BCUT2D eigenvalue weighted by Gasteiger charge is 2.15. The fourth-order valence-corrected chi connectivity index (χ4v) is 3.01. The second-order valence-corrected chi connectivity index (χ2v) is 6.04. The van der Waals surface area contributed by atoms with E-state index in [2.05, 4.69) is 15.5 Å². The molecule has 3 rings (SSSR count). The number of nitro benzene ring substituents is 1. The Balaban J connectivity index is 1.80. The molecule has 7 nitrogen and oxygen atoms in total. The van der Waals surface area contributed by atoms with Crippen LogP contribution in [0, 0.1) is 10.1 Å². The molecule has 0 aliphatic rings. The Kier molecular flexibility index (Phi) is 4.50. The van der Waals surface area contributed by atoms with Crippen LogP contribution >= 0.6 is 22.9 Å². The van der Waals surface area contributed by atoms with E-state index in [4.69, 9.17) is 11.6 Å². The number of rotatable bonds is 4. The average molecular weight is 361 g/mol. The number of non-ortho nitro benzene ring substituents is 1. The first-order chi connectivity index (χ1) is 11.5. The molecular weight excluding hydrogens is 352 g/mol. The Hall–Kier alpha value is -2.84. The maximum absolute atomic E-state index is 12.2. The number of anilines is 1. The minimum Gasteiger partial charge on any atom is -0.296 e. The van der Waals surface area contributed by atoms with Gasteiger partial charge in [0.2, 0.25) is 5.13 Å². The molecule has 120 valence electrons. The molecule has 1 heterocycles. The predicted octanol–water partition coefficient (Wildman–Crippen LogP) is 4.02. The average Bonchev–Trinajstić information content (AvgIpc) is 3.03. The Labute approximate surface area is 145 Å². The summed E-state index contributed by atoms with van der Waals surface area (Å²) in [5.41, 5.74) is 0.725. The highest BCUT2D eigenvalue weighted by Crippen LogP contribution is 2.31. The van der Waals surface area contributed by atoms with Crippen molar-refractivity contribution >= 4 is 39.7 Å². The molecule has 1 aromatic heterocycles. The molecule has 3 aromatic rings. The van der Waals surface area contributed by atoms with Crippen LogP contribution in [0.4, 0.5) is 10.8 Å². The van der Waals surface area contributed by atoms with Crippen LogP contribution in [0.15, 0.2) is 48.5 Å². The zero-order chi connectivity index (χ0) is 17.1. The number of benzene rings is 2. The molecule has 1 amide bonds. The molecule has 0 unspecified atom stereocenters. The van der Waals surface area contributed by atoms with Crippen LogP contribution in [-0.2, 0) is 0 Å². The predicted molar refractivity (Wildman–Crippen MR) is 91.4 cm³/mol. The lowest BCUT2D eigenvalue weighted by molar-refractivity contribution is -0.384. The van der Waals surface area contributed by atoms with Gasteiger partial charge in [-0.25, -0.2) is 0 Å². The lowest BCUT2D eigenvalue weighted by Crippen LogP contribution is -2.11. The van der Waals surface area contributed by atoms with Gasteiger partial charge in [0.1, 0.15) is 0 Å². The van der Waals surface area contributed by atoms with Gasteiger partial charge in [-0.3, -0.25) is 20.2 Å². The first kappa shape index (κ1) is 16.0. The fourth-order valence-electron chi connectivity index (χ4n) is 1.95. The number of carbonyl (C=O) groups is 1. The minimum atomic E-state index is -0.558. The van der Waals surface area contributed by atoms with Gasteiger partial charge in [-0.05, 0) is 12.1 Å². The Morgan fingerprint density at radius 2 is 1.96 bits per heavy atom. The van der Waals surface area contributed by atoms with Gasteiger partial charge in [-0.2, -0.15) is 0 Å². The number of carbonyl (C=O) groups excluding carboxylic acids is 1. The van der Waals surface area contributed by atoms with E-state index in [1.807, 2.05) is 6.07 Å². The van der Waals surface area contributed by atoms with Crippen molar-refractivity contribution in [3.05, 3.63) is 69.2 Å². The Morgan fingerprint density at radius 3 is 2.71 bits per heavy atom. The molecule has 0 aliphatic heterocycles. The van der Waals surface area contributed by atoms with Gasteiger partial charge in [0.05, 0.1) is 9.95 Å². The van der Waals surface area contributed by atoms with Crippen molar-refractivity contribution in [2.45, 2.75) is 0 Å². The largest absolute Gasteiger partial charge is 0.296 e. The summed E-state index contributed by atoms with van der Waals surface area (Å²) in [4.78, 5) is 22.4. The van der Waals surface area contributed by atoms with Crippen LogP contribution in [0.25, 0.3) is 10.6 Å². The van der Waals surface area contributed by atoms with Crippen molar-refractivity contribution in [1.82, 2.24) is 10.2 Å². The summed E-state index contributed by atoms with van der Waals surface area (Å²) in [7, 11) is 0. The monoisotopic (exact) mass is 360 g/mol. The molecule has 9 heteroatoms. The van der Waals surface area contributed by atoms with Crippen LogP contribution in [0.2, 0.25) is 5.02 Å². The van der Waals surface area contributed by atoms with E-state index in [0.29, 0.717) is 15.6 Å². The zero-order valence-corrected chi connectivity index (χ0v) is 13.5. The molecule has 1 N–H and O–H groups in total. The lowest BCUT2D eigenvalue weighted by Gasteiger charge is -2.01. The maximum Gasteiger partial charge on any atom is 0.270 e. The van der Waals surface area contributed by atoms with E-state index < -0.39 is 10.8 Å². The maximum atomic E-state index is 12.2. The second-order valence-electron chi connectivity index (χ2n) is 4.65. The summed E-state index contributed by atoms with van der Waals surface area (Å²) < 4.78 is 0. The summed E-state index contributed by atoms with van der Waals surface area (Å²) in [5.74, 6) is -0.499. The van der Waals surface area contributed by atoms with E-state index in [9.17, 15) is 14.9 Å². The van der Waals surface area contributed by atoms with Gasteiger partial charge in [0, 0.05) is 23.3 Å². The highest BCUT2D eigenvalue weighted by molar-refractivity contribution is 7.18. The summed E-state index contributed by atoms with van der Waals surface area (Å²) in [5, 5.41) is 22.6. The van der Waals surface area contributed by atoms with Crippen molar-refractivity contribution in [3.63, 3.8) is 0 Å². The van der Waals surface area contributed by atoms with Crippen LogP contribution in [0.3, 0.4) is 0 Å². The molecule has 0 saturated heterocycles. The molecule has 2 aromatic carbocycles. The summed E-state index contributed by atoms with van der Waals surface area (Å²) >= 11 is 7.27. The van der Waals surface area contributed by atoms with Gasteiger partial charge in [-0.15, -0.1) is 10.2 Å². The third-order valence-electron chi connectivity index (χ3n) is 3.07. The smallest absolute Gasteiger partial charge is 0.270 e. The Bertz CT molecular complexity index is 928. The normalized spacial score (nSPS) is 10.4. The zero-order valence-electron chi connectivity index (χ0n) is 12.0. The van der Waals surface area contributed by atoms with Crippen molar-refractivity contribution in [2.24, 2.45) is 0 Å². The SMILES string of the molecule is O=C(Nc1nnc(-c2ccccc2Cl)s1)c1cccc([N+](=O)[O-])c1. The number of nitrogens with one attached hydrogen (secondary N) is 1. The third kappa shape index (κ3) is 3.39. The number of hydrogen-bond donors (Lipinski definition) is 1. The molecule has 24 heavy (non-hydrogen) atoms. The minimum absolute atomic E-state index is 0.156. The molecule has 0 bridgehead atoms. The number of amides is 1. The summed E-state index contributed by atoms with van der Waals surface area (Å²) in [6.07, 6.45) is 0.